The van der Waals surface area contributed by atoms with Gasteiger partial charge in [-0.1, -0.05) is 18.2 Å². The Morgan fingerprint density at radius 2 is 2.00 bits per heavy atom. The fourth-order valence-electron chi connectivity index (χ4n) is 4.11. The number of fused-ring (bicyclic) bond motifs is 1. The molecule has 2 bridgehead atoms. The largest absolute Gasteiger partial charge is 0.462 e. The van der Waals surface area contributed by atoms with Gasteiger partial charge in [0.25, 0.3) is 0 Å². The summed E-state index contributed by atoms with van der Waals surface area (Å²) in [4.78, 5) is 24.3. The zero-order valence-corrected chi connectivity index (χ0v) is 10.4. The average molecular weight is 257 g/mol. The molecule has 5 atom stereocenters. The molecule has 3 fully saturated rings. The standard InChI is InChI=1S/C15H15NO3/c17-14(16-9-4-2-1-3-5-9)12-8-6-10-11(7-8)19-15(18)13(10)12/h1-5,8,10-13H,6-7H2,(H,16,17)/t8-,10-,11-,12+,13+/m1/s1. The van der Waals surface area contributed by atoms with Crippen LogP contribution in [0.25, 0.3) is 0 Å². The second kappa shape index (κ2) is 3.83. The number of carbonyl (C=O) groups is 2. The molecule has 98 valence electrons. The van der Waals surface area contributed by atoms with Gasteiger partial charge in [-0.3, -0.25) is 9.59 Å². The molecule has 1 N–H and O–H groups in total. The molecule has 1 heterocycles. The van der Waals surface area contributed by atoms with E-state index < -0.39 is 0 Å². The van der Waals surface area contributed by atoms with Crippen LogP contribution in [0.1, 0.15) is 12.8 Å². The van der Waals surface area contributed by atoms with Gasteiger partial charge in [0.2, 0.25) is 5.91 Å². The topological polar surface area (TPSA) is 55.4 Å². The van der Waals surface area contributed by atoms with Crippen molar-refractivity contribution in [3.05, 3.63) is 30.3 Å². The number of amides is 1. The lowest BCUT2D eigenvalue weighted by Gasteiger charge is -2.23. The lowest BCUT2D eigenvalue weighted by atomic mass is 9.79. The molecule has 1 aromatic rings. The third kappa shape index (κ3) is 1.52. The second-order valence-electron chi connectivity index (χ2n) is 5.78. The summed E-state index contributed by atoms with van der Waals surface area (Å²) in [7, 11) is 0. The zero-order valence-electron chi connectivity index (χ0n) is 10.4. The van der Waals surface area contributed by atoms with Gasteiger partial charge in [-0.15, -0.1) is 0 Å². The summed E-state index contributed by atoms with van der Waals surface area (Å²) in [6.07, 6.45) is 1.91. The maximum Gasteiger partial charge on any atom is 0.310 e. The number of hydrogen-bond acceptors (Lipinski definition) is 3. The molecule has 1 saturated heterocycles. The van der Waals surface area contributed by atoms with Crippen molar-refractivity contribution >= 4 is 17.6 Å². The maximum absolute atomic E-state index is 12.4. The highest BCUT2D eigenvalue weighted by atomic mass is 16.6. The Balaban J connectivity index is 1.57. The molecule has 3 aliphatic rings. The Labute approximate surface area is 111 Å². The molecule has 0 unspecified atom stereocenters. The van der Waals surface area contributed by atoms with Crippen molar-refractivity contribution in [2.24, 2.45) is 23.7 Å². The lowest BCUT2D eigenvalue weighted by molar-refractivity contribution is -0.145. The van der Waals surface area contributed by atoms with Crippen LogP contribution in [-0.2, 0) is 14.3 Å². The minimum Gasteiger partial charge on any atom is -0.462 e. The van der Waals surface area contributed by atoms with Crippen molar-refractivity contribution in [2.75, 3.05) is 5.32 Å². The second-order valence-corrected chi connectivity index (χ2v) is 5.78. The smallest absolute Gasteiger partial charge is 0.310 e. The number of hydrogen-bond donors (Lipinski definition) is 1. The highest BCUT2D eigenvalue weighted by Gasteiger charge is 2.63. The summed E-state index contributed by atoms with van der Waals surface area (Å²) in [5, 5.41) is 2.93. The fourth-order valence-corrected chi connectivity index (χ4v) is 4.11. The molecule has 1 amide bonds. The van der Waals surface area contributed by atoms with Gasteiger partial charge in [0.05, 0.1) is 11.8 Å². The molecule has 4 rings (SSSR count). The van der Waals surface area contributed by atoms with Gasteiger partial charge in [0.1, 0.15) is 6.10 Å². The van der Waals surface area contributed by atoms with Crippen LogP contribution in [0.2, 0.25) is 0 Å². The molecule has 2 aliphatic carbocycles. The van der Waals surface area contributed by atoms with E-state index in [0.29, 0.717) is 5.92 Å². The lowest BCUT2D eigenvalue weighted by Crippen LogP contribution is -2.35. The Morgan fingerprint density at radius 1 is 1.21 bits per heavy atom. The van der Waals surface area contributed by atoms with E-state index in [0.717, 1.165) is 18.5 Å². The maximum atomic E-state index is 12.4. The molecular formula is C15H15NO3. The Morgan fingerprint density at radius 3 is 2.79 bits per heavy atom. The SMILES string of the molecule is O=C(Nc1ccccc1)[C@H]1[C@@H]2C[C@H]3[C@@H]1C(=O)O[C@@H]3C2. The first-order chi connectivity index (χ1) is 9.24. The molecule has 4 heteroatoms. The first kappa shape index (κ1) is 11.0. The Kier molecular flexibility index (Phi) is 2.22. The number of anilines is 1. The van der Waals surface area contributed by atoms with Crippen LogP contribution in [0, 0.1) is 23.7 Å². The minimum atomic E-state index is -0.201. The Bertz CT molecular complexity index is 540. The van der Waals surface area contributed by atoms with Crippen LogP contribution in [0.3, 0.4) is 0 Å². The predicted octanol–water partition coefficient (Wildman–Crippen LogP) is 1.82. The molecule has 0 radical (unpaired) electrons. The number of benzene rings is 1. The van der Waals surface area contributed by atoms with Crippen molar-refractivity contribution in [3.8, 4) is 0 Å². The monoisotopic (exact) mass is 257 g/mol. The molecule has 1 aliphatic heterocycles. The number of rotatable bonds is 2. The number of para-hydroxylation sites is 1. The van der Waals surface area contributed by atoms with Crippen molar-refractivity contribution in [2.45, 2.75) is 18.9 Å². The summed E-state index contributed by atoms with van der Waals surface area (Å²) >= 11 is 0. The van der Waals surface area contributed by atoms with E-state index in [9.17, 15) is 9.59 Å². The number of nitrogens with one attached hydrogen (secondary N) is 1. The van der Waals surface area contributed by atoms with Gasteiger partial charge in [0.15, 0.2) is 0 Å². The van der Waals surface area contributed by atoms with E-state index in [1.54, 1.807) is 0 Å². The van der Waals surface area contributed by atoms with Gasteiger partial charge in [-0.2, -0.15) is 0 Å². The highest BCUT2D eigenvalue weighted by Crippen LogP contribution is 2.57. The van der Waals surface area contributed by atoms with Crippen LogP contribution in [0.15, 0.2) is 30.3 Å². The molecular weight excluding hydrogens is 242 g/mol. The fraction of sp³-hybridized carbons (Fsp3) is 0.467. The normalized spacial score (nSPS) is 38.3. The van der Waals surface area contributed by atoms with Crippen LogP contribution in [-0.4, -0.2) is 18.0 Å². The number of carbonyl (C=O) groups excluding carboxylic acids is 2. The van der Waals surface area contributed by atoms with Crippen molar-refractivity contribution < 1.29 is 14.3 Å². The minimum absolute atomic E-state index is 0.0269. The van der Waals surface area contributed by atoms with Crippen molar-refractivity contribution in [3.63, 3.8) is 0 Å². The van der Waals surface area contributed by atoms with Gasteiger partial charge < -0.3 is 10.1 Å². The molecule has 2 saturated carbocycles. The van der Waals surface area contributed by atoms with Gasteiger partial charge in [-0.25, -0.2) is 0 Å². The molecule has 1 aromatic carbocycles. The third-order valence-electron chi connectivity index (χ3n) is 4.83. The first-order valence-electron chi connectivity index (χ1n) is 6.80. The first-order valence-corrected chi connectivity index (χ1v) is 6.80. The van der Waals surface area contributed by atoms with Crippen molar-refractivity contribution in [1.82, 2.24) is 0 Å². The highest BCUT2D eigenvalue weighted by molar-refractivity contribution is 5.96. The van der Waals surface area contributed by atoms with E-state index >= 15 is 0 Å². The van der Waals surface area contributed by atoms with Crippen LogP contribution < -0.4 is 5.32 Å². The van der Waals surface area contributed by atoms with Crippen molar-refractivity contribution in [1.29, 1.82) is 0 Å². The molecule has 0 spiro atoms. The summed E-state index contributed by atoms with van der Waals surface area (Å²) < 4.78 is 5.35. The summed E-state index contributed by atoms with van der Waals surface area (Å²) in [6.45, 7) is 0. The number of ether oxygens (including phenoxy) is 1. The van der Waals surface area contributed by atoms with E-state index in [1.807, 2.05) is 30.3 Å². The summed E-state index contributed by atoms with van der Waals surface area (Å²) in [5.74, 6) is 0.00677. The zero-order chi connectivity index (χ0) is 13.0. The summed E-state index contributed by atoms with van der Waals surface area (Å²) in [5.41, 5.74) is 0.790. The summed E-state index contributed by atoms with van der Waals surface area (Å²) in [6, 6.07) is 9.40. The predicted molar refractivity (Wildman–Crippen MR) is 68.1 cm³/mol. The average Bonchev–Trinajstić information content (AvgIpc) is 3.00. The molecule has 4 nitrogen and oxygen atoms in total. The third-order valence-corrected chi connectivity index (χ3v) is 4.83. The van der Waals surface area contributed by atoms with E-state index in [-0.39, 0.29) is 35.7 Å². The van der Waals surface area contributed by atoms with Crippen LogP contribution >= 0.6 is 0 Å². The molecule has 19 heavy (non-hydrogen) atoms. The molecule has 0 aromatic heterocycles. The quantitative estimate of drug-likeness (QED) is 0.822. The van der Waals surface area contributed by atoms with Crippen LogP contribution in [0.5, 0.6) is 0 Å². The van der Waals surface area contributed by atoms with E-state index in [2.05, 4.69) is 5.32 Å². The van der Waals surface area contributed by atoms with Crippen LogP contribution in [0.4, 0.5) is 5.69 Å². The van der Waals surface area contributed by atoms with Gasteiger partial charge in [-0.05, 0) is 30.9 Å². The van der Waals surface area contributed by atoms with Gasteiger partial charge >= 0.3 is 5.97 Å². The van der Waals surface area contributed by atoms with E-state index in [1.165, 1.54) is 0 Å². The van der Waals surface area contributed by atoms with Gasteiger partial charge in [0, 0.05) is 11.6 Å². The number of esters is 1. The van der Waals surface area contributed by atoms with E-state index in [4.69, 9.17) is 4.74 Å². The Hall–Kier alpha value is -1.84.